The highest BCUT2D eigenvalue weighted by atomic mass is 16.5. The molecule has 0 spiro atoms. The van der Waals surface area contributed by atoms with Crippen LogP contribution in [0.2, 0.25) is 0 Å². The third-order valence-electron chi connectivity index (χ3n) is 4.54. The molecule has 0 aliphatic rings. The average Bonchev–Trinajstić information content (AvgIpc) is 2.67. The number of likely N-dealkylation sites (N-methyl/N-ethyl adjacent to an activating group) is 1. The number of ether oxygens (including phenoxy) is 1. The van der Waals surface area contributed by atoms with Gasteiger partial charge in [-0.1, -0.05) is 32.0 Å². The molecule has 2 amide bonds. The molecular formula is C22H30N3O3+. The fourth-order valence-corrected chi connectivity index (χ4v) is 2.83. The summed E-state index contributed by atoms with van der Waals surface area (Å²) in [4.78, 5) is 25.5. The highest BCUT2D eigenvalue weighted by Gasteiger charge is 2.17. The van der Waals surface area contributed by atoms with Gasteiger partial charge in [-0.05, 0) is 42.7 Å². The first-order valence-corrected chi connectivity index (χ1v) is 9.58. The van der Waals surface area contributed by atoms with Gasteiger partial charge in [0.1, 0.15) is 5.75 Å². The Kier molecular flexibility index (Phi) is 8.02. The van der Waals surface area contributed by atoms with Crippen molar-refractivity contribution in [2.75, 3.05) is 37.4 Å². The summed E-state index contributed by atoms with van der Waals surface area (Å²) in [5.41, 5.74) is 2.67. The number of carbonyl (C=O) groups excluding carboxylic acids is 2. The topological polar surface area (TPSA) is 71.9 Å². The van der Waals surface area contributed by atoms with Crippen molar-refractivity contribution in [3.8, 4) is 5.75 Å². The Morgan fingerprint density at radius 1 is 0.964 bits per heavy atom. The van der Waals surface area contributed by atoms with Crippen LogP contribution in [0.1, 0.15) is 32.3 Å². The molecule has 2 rings (SSSR count). The molecule has 1 unspecified atom stereocenters. The molecule has 0 bridgehead atoms. The van der Waals surface area contributed by atoms with Crippen molar-refractivity contribution in [2.24, 2.45) is 0 Å². The largest absolute Gasteiger partial charge is 0.497 e. The second kappa shape index (κ2) is 10.5. The minimum Gasteiger partial charge on any atom is -0.497 e. The number of methoxy groups -OCH3 is 1. The van der Waals surface area contributed by atoms with Crippen molar-refractivity contribution in [3.63, 3.8) is 0 Å². The zero-order chi connectivity index (χ0) is 20.5. The van der Waals surface area contributed by atoms with E-state index < -0.39 is 0 Å². The Labute approximate surface area is 166 Å². The molecular weight excluding hydrogens is 354 g/mol. The van der Waals surface area contributed by atoms with Gasteiger partial charge >= 0.3 is 0 Å². The van der Waals surface area contributed by atoms with E-state index in [-0.39, 0.29) is 24.9 Å². The van der Waals surface area contributed by atoms with Crippen molar-refractivity contribution < 1.29 is 19.2 Å². The second-order valence-corrected chi connectivity index (χ2v) is 7.06. The van der Waals surface area contributed by atoms with Crippen LogP contribution in [0.5, 0.6) is 5.75 Å². The molecule has 6 nitrogen and oxygen atoms in total. The van der Waals surface area contributed by atoms with Crippen molar-refractivity contribution >= 4 is 23.2 Å². The molecule has 0 aromatic heterocycles. The molecule has 2 aromatic carbocycles. The van der Waals surface area contributed by atoms with Crippen LogP contribution in [0.4, 0.5) is 11.4 Å². The van der Waals surface area contributed by atoms with Crippen LogP contribution in [0.15, 0.2) is 48.5 Å². The summed E-state index contributed by atoms with van der Waals surface area (Å²) in [6, 6.07) is 15.1. The number of benzene rings is 2. The maximum atomic E-state index is 12.3. The zero-order valence-electron chi connectivity index (χ0n) is 17.0. The molecule has 0 fully saturated rings. The SMILES string of the molecule is CC[NH+](CC(=O)Nc1ccc(C(C)C)cc1)CC(=O)Nc1cccc(OC)c1. The number of hydrogen-bond donors (Lipinski definition) is 3. The maximum Gasteiger partial charge on any atom is 0.279 e. The fourth-order valence-electron chi connectivity index (χ4n) is 2.83. The third kappa shape index (κ3) is 6.70. The second-order valence-electron chi connectivity index (χ2n) is 7.06. The number of nitrogens with one attached hydrogen (secondary N) is 3. The molecule has 6 heteroatoms. The Hall–Kier alpha value is -2.86. The standard InChI is InChI=1S/C22H29N3O3/c1-5-25(15-22(27)24-19-7-6-8-20(13-19)28-4)14-21(26)23-18-11-9-17(10-12-18)16(2)3/h6-13,16H,5,14-15H2,1-4H3,(H,23,26)(H,24,27)/p+1. The lowest BCUT2D eigenvalue weighted by Gasteiger charge is -2.17. The Bertz CT molecular complexity index is 788. The lowest BCUT2D eigenvalue weighted by molar-refractivity contribution is -0.881. The van der Waals surface area contributed by atoms with E-state index in [1.54, 1.807) is 19.2 Å². The first-order chi connectivity index (χ1) is 13.4. The summed E-state index contributed by atoms with van der Waals surface area (Å²) in [6.07, 6.45) is 0. The van der Waals surface area contributed by atoms with E-state index >= 15 is 0 Å². The van der Waals surface area contributed by atoms with Gasteiger partial charge in [-0.25, -0.2) is 0 Å². The number of anilines is 2. The number of carbonyl (C=O) groups is 2. The van der Waals surface area contributed by atoms with Crippen LogP contribution >= 0.6 is 0 Å². The molecule has 150 valence electrons. The summed E-state index contributed by atoms with van der Waals surface area (Å²) in [7, 11) is 1.58. The molecule has 2 aromatic rings. The summed E-state index contributed by atoms with van der Waals surface area (Å²) in [5, 5.41) is 5.75. The first kappa shape index (κ1) is 21.4. The average molecular weight is 385 g/mol. The first-order valence-electron chi connectivity index (χ1n) is 9.58. The number of hydrogen-bond acceptors (Lipinski definition) is 3. The van der Waals surface area contributed by atoms with Crippen molar-refractivity contribution in [3.05, 3.63) is 54.1 Å². The molecule has 28 heavy (non-hydrogen) atoms. The van der Waals surface area contributed by atoms with Crippen molar-refractivity contribution in [1.29, 1.82) is 0 Å². The molecule has 0 aliphatic heterocycles. The number of rotatable bonds is 9. The fraction of sp³-hybridized carbons (Fsp3) is 0.364. The smallest absolute Gasteiger partial charge is 0.279 e. The minimum atomic E-state index is -0.140. The van der Waals surface area contributed by atoms with E-state index in [1.165, 1.54) is 5.56 Å². The Morgan fingerprint density at radius 2 is 1.57 bits per heavy atom. The lowest BCUT2D eigenvalue weighted by atomic mass is 10.0. The van der Waals surface area contributed by atoms with Gasteiger partial charge in [0.25, 0.3) is 11.8 Å². The van der Waals surface area contributed by atoms with Gasteiger partial charge < -0.3 is 20.3 Å². The van der Waals surface area contributed by atoms with Gasteiger partial charge in [0.2, 0.25) is 0 Å². The van der Waals surface area contributed by atoms with Crippen LogP contribution in [0.25, 0.3) is 0 Å². The summed E-state index contributed by atoms with van der Waals surface area (Å²) in [6.45, 7) is 7.34. The van der Waals surface area contributed by atoms with Gasteiger partial charge in [0, 0.05) is 17.4 Å². The quantitative estimate of drug-likeness (QED) is 0.621. The monoisotopic (exact) mass is 384 g/mol. The predicted molar refractivity (Wildman–Crippen MR) is 112 cm³/mol. The Morgan fingerprint density at radius 3 is 2.11 bits per heavy atom. The lowest BCUT2D eigenvalue weighted by Crippen LogP contribution is -3.13. The van der Waals surface area contributed by atoms with Gasteiger partial charge in [0.15, 0.2) is 13.1 Å². The third-order valence-corrected chi connectivity index (χ3v) is 4.54. The molecule has 0 radical (unpaired) electrons. The maximum absolute atomic E-state index is 12.3. The van der Waals surface area contributed by atoms with E-state index in [2.05, 4.69) is 24.5 Å². The summed E-state index contributed by atoms with van der Waals surface area (Å²) < 4.78 is 5.16. The minimum absolute atomic E-state index is 0.108. The van der Waals surface area contributed by atoms with Gasteiger partial charge in [-0.2, -0.15) is 0 Å². The highest BCUT2D eigenvalue weighted by molar-refractivity contribution is 5.93. The van der Waals surface area contributed by atoms with E-state index in [1.807, 2.05) is 43.3 Å². The van der Waals surface area contributed by atoms with Crippen LogP contribution < -0.4 is 20.3 Å². The van der Waals surface area contributed by atoms with Crippen LogP contribution in [-0.4, -0.2) is 38.6 Å². The number of quaternary nitrogens is 1. The molecule has 0 saturated carbocycles. The molecule has 0 saturated heterocycles. The van der Waals surface area contributed by atoms with E-state index in [4.69, 9.17) is 4.74 Å². The van der Waals surface area contributed by atoms with Crippen LogP contribution in [0, 0.1) is 0 Å². The summed E-state index contributed by atoms with van der Waals surface area (Å²) in [5.74, 6) is 0.885. The number of amides is 2. The van der Waals surface area contributed by atoms with Gasteiger partial charge in [-0.3, -0.25) is 9.59 Å². The normalized spacial score (nSPS) is 11.8. The van der Waals surface area contributed by atoms with Gasteiger partial charge in [-0.15, -0.1) is 0 Å². The van der Waals surface area contributed by atoms with Crippen molar-refractivity contribution in [1.82, 2.24) is 0 Å². The predicted octanol–water partition coefficient (Wildman–Crippen LogP) is 2.30. The molecule has 0 heterocycles. The Balaban J connectivity index is 1.86. The summed E-state index contributed by atoms with van der Waals surface area (Å²) >= 11 is 0. The van der Waals surface area contributed by atoms with Gasteiger partial charge in [0.05, 0.1) is 13.7 Å². The van der Waals surface area contributed by atoms with E-state index in [0.29, 0.717) is 23.9 Å². The van der Waals surface area contributed by atoms with E-state index in [9.17, 15) is 9.59 Å². The van der Waals surface area contributed by atoms with Crippen LogP contribution in [-0.2, 0) is 9.59 Å². The van der Waals surface area contributed by atoms with E-state index in [0.717, 1.165) is 10.6 Å². The molecule has 0 aliphatic carbocycles. The molecule has 3 N–H and O–H groups in total. The highest BCUT2D eigenvalue weighted by Crippen LogP contribution is 2.17. The molecule has 1 atom stereocenters. The van der Waals surface area contributed by atoms with Crippen molar-refractivity contribution in [2.45, 2.75) is 26.7 Å². The zero-order valence-corrected chi connectivity index (χ0v) is 17.0. The van der Waals surface area contributed by atoms with Crippen LogP contribution in [0.3, 0.4) is 0 Å².